The summed E-state index contributed by atoms with van der Waals surface area (Å²) < 4.78 is 25.1. The van der Waals surface area contributed by atoms with Gasteiger partial charge in [0.2, 0.25) is 15.9 Å². The monoisotopic (exact) mass is 332 g/mol. The van der Waals surface area contributed by atoms with Gasteiger partial charge >= 0.3 is 0 Å². The van der Waals surface area contributed by atoms with Crippen molar-refractivity contribution >= 4 is 43.2 Å². The Labute approximate surface area is 114 Å². The minimum Gasteiger partial charge on any atom is -0.312 e. The third kappa shape index (κ3) is 3.02. The van der Waals surface area contributed by atoms with Crippen molar-refractivity contribution in [3.63, 3.8) is 0 Å². The maximum Gasteiger partial charge on any atom is 0.242 e. The number of benzene rings is 1. The molecule has 7 heteroatoms. The van der Waals surface area contributed by atoms with Crippen LogP contribution in [0.1, 0.15) is 12.8 Å². The van der Waals surface area contributed by atoms with Crippen molar-refractivity contribution in [1.82, 2.24) is 0 Å². The predicted octanol–water partition coefficient (Wildman–Crippen LogP) is 1.91. The standard InChI is InChI=1S/C11H13BrN2O3S/c12-8-18(16,17)13-9-3-1-4-10(7-9)14-6-2-5-11(14)15/h1,3-4,7,13H,2,5-6,8H2. The van der Waals surface area contributed by atoms with Crippen LogP contribution in [0.25, 0.3) is 0 Å². The Hall–Kier alpha value is -1.08. The second kappa shape index (κ2) is 5.27. The van der Waals surface area contributed by atoms with Gasteiger partial charge in [0, 0.05) is 18.7 Å². The highest BCUT2D eigenvalue weighted by atomic mass is 79.9. The van der Waals surface area contributed by atoms with Crippen LogP contribution in [-0.4, -0.2) is 25.5 Å². The van der Waals surface area contributed by atoms with Crippen molar-refractivity contribution in [1.29, 1.82) is 0 Å². The third-order valence-corrected chi connectivity index (χ3v) is 5.29. The normalized spacial score (nSPS) is 16.1. The van der Waals surface area contributed by atoms with Crippen molar-refractivity contribution in [3.8, 4) is 0 Å². The quantitative estimate of drug-likeness (QED) is 0.856. The first-order valence-electron chi connectivity index (χ1n) is 5.49. The minimum absolute atomic E-state index is 0.0792. The van der Waals surface area contributed by atoms with E-state index in [1.54, 1.807) is 29.2 Å². The summed E-state index contributed by atoms with van der Waals surface area (Å²) >= 11 is 2.91. The van der Waals surface area contributed by atoms with E-state index in [1.807, 2.05) is 0 Å². The molecule has 1 aliphatic heterocycles. The number of hydrogen-bond donors (Lipinski definition) is 1. The molecule has 1 aromatic carbocycles. The largest absolute Gasteiger partial charge is 0.312 e. The molecular formula is C11H13BrN2O3S. The minimum atomic E-state index is -3.36. The van der Waals surface area contributed by atoms with Crippen LogP contribution >= 0.6 is 15.9 Å². The van der Waals surface area contributed by atoms with Gasteiger partial charge in [0.15, 0.2) is 0 Å². The molecule has 5 nitrogen and oxygen atoms in total. The van der Waals surface area contributed by atoms with E-state index >= 15 is 0 Å². The molecule has 0 atom stereocenters. The van der Waals surface area contributed by atoms with Gasteiger partial charge in [-0.2, -0.15) is 0 Å². The molecule has 1 N–H and O–H groups in total. The number of carbonyl (C=O) groups excluding carboxylic acids is 1. The molecule has 0 bridgehead atoms. The van der Waals surface area contributed by atoms with E-state index in [2.05, 4.69) is 20.7 Å². The van der Waals surface area contributed by atoms with Crippen LogP contribution < -0.4 is 9.62 Å². The fourth-order valence-corrected chi connectivity index (χ4v) is 2.75. The molecule has 1 aromatic rings. The van der Waals surface area contributed by atoms with Crippen molar-refractivity contribution in [2.45, 2.75) is 12.8 Å². The molecule has 1 aliphatic rings. The van der Waals surface area contributed by atoms with Crippen LogP contribution in [0.4, 0.5) is 11.4 Å². The fourth-order valence-electron chi connectivity index (χ4n) is 1.87. The van der Waals surface area contributed by atoms with Gasteiger partial charge in [0.1, 0.15) is 4.66 Å². The molecule has 18 heavy (non-hydrogen) atoms. The highest BCUT2D eigenvalue weighted by Crippen LogP contribution is 2.24. The average Bonchev–Trinajstić information content (AvgIpc) is 2.75. The number of amides is 1. The van der Waals surface area contributed by atoms with E-state index in [1.165, 1.54) is 0 Å². The average molecular weight is 333 g/mol. The summed E-state index contributed by atoms with van der Waals surface area (Å²) in [7, 11) is -3.36. The van der Waals surface area contributed by atoms with E-state index in [-0.39, 0.29) is 10.6 Å². The van der Waals surface area contributed by atoms with Gasteiger partial charge in [-0.05, 0) is 24.6 Å². The lowest BCUT2D eigenvalue weighted by atomic mass is 10.2. The van der Waals surface area contributed by atoms with Crippen molar-refractivity contribution < 1.29 is 13.2 Å². The van der Waals surface area contributed by atoms with Crippen LogP contribution in [0, 0.1) is 0 Å². The Balaban J connectivity index is 2.22. The molecule has 0 unspecified atom stereocenters. The van der Waals surface area contributed by atoms with Crippen molar-refractivity contribution in [2.24, 2.45) is 0 Å². The molecule has 1 heterocycles. The lowest BCUT2D eigenvalue weighted by molar-refractivity contribution is -0.117. The van der Waals surface area contributed by atoms with Gasteiger partial charge in [-0.1, -0.05) is 22.0 Å². The Morgan fingerprint density at radius 2 is 2.17 bits per heavy atom. The molecule has 1 amide bonds. The summed E-state index contributed by atoms with van der Waals surface area (Å²) in [4.78, 5) is 13.3. The molecule has 98 valence electrons. The van der Waals surface area contributed by atoms with E-state index in [0.29, 0.717) is 18.7 Å². The molecule has 0 spiro atoms. The van der Waals surface area contributed by atoms with Crippen LogP contribution in [0.5, 0.6) is 0 Å². The zero-order valence-electron chi connectivity index (χ0n) is 9.60. The van der Waals surface area contributed by atoms with Gasteiger partial charge in [0.05, 0.1) is 5.69 Å². The van der Waals surface area contributed by atoms with E-state index < -0.39 is 10.0 Å². The zero-order valence-corrected chi connectivity index (χ0v) is 12.0. The first kappa shape index (κ1) is 13.4. The summed E-state index contributed by atoms with van der Waals surface area (Å²) in [6, 6.07) is 6.86. The van der Waals surface area contributed by atoms with Crippen LogP contribution in [0.3, 0.4) is 0 Å². The zero-order chi connectivity index (χ0) is 13.2. The first-order chi connectivity index (χ1) is 8.52. The molecule has 0 saturated carbocycles. The van der Waals surface area contributed by atoms with Crippen molar-refractivity contribution in [2.75, 3.05) is 20.8 Å². The number of carbonyl (C=O) groups is 1. The lowest BCUT2D eigenvalue weighted by Crippen LogP contribution is -2.23. The first-order valence-corrected chi connectivity index (χ1v) is 8.26. The number of sulfonamides is 1. The third-order valence-electron chi connectivity index (χ3n) is 2.65. The fraction of sp³-hybridized carbons (Fsp3) is 0.364. The summed E-state index contributed by atoms with van der Waals surface area (Å²) in [5.74, 6) is 0.0792. The Bertz CT molecular complexity index is 559. The molecular weight excluding hydrogens is 320 g/mol. The van der Waals surface area contributed by atoms with Crippen LogP contribution in [0.2, 0.25) is 0 Å². The molecule has 0 radical (unpaired) electrons. The number of halogens is 1. The summed E-state index contributed by atoms with van der Waals surface area (Å²) in [6.07, 6.45) is 1.40. The number of nitrogens with one attached hydrogen (secondary N) is 1. The summed E-state index contributed by atoms with van der Waals surface area (Å²) in [5.41, 5.74) is 1.19. The highest BCUT2D eigenvalue weighted by Gasteiger charge is 2.21. The SMILES string of the molecule is O=C1CCCN1c1cccc(NS(=O)(=O)CBr)c1. The summed E-state index contributed by atoms with van der Waals surface area (Å²) in [5, 5.41) is 0. The van der Waals surface area contributed by atoms with Gasteiger partial charge in [0.25, 0.3) is 0 Å². The highest BCUT2D eigenvalue weighted by molar-refractivity contribution is 9.10. The van der Waals surface area contributed by atoms with E-state index in [9.17, 15) is 13.2 Å². The molecule has 0 aliphatic carbocycles. The Kier molecular flexibility index (Phi) is 3.91. The number of hydrogen-bond acceptors (Lipinski definition) is 3. The summed E-state index contributed by atoms with van der Waals surface area (Å²) in [6.45, 7) is 0.688. The number of anilines is 2. The Morgan fingerprint density at radius 3 is 2.78 bits per heavy atom. The molecule has 1 fully saturated rings. The predicted molar refractivity (Wildman–Crippen MR) is 74.4 cm³/mol. The molecule has 2 rings (SSSR count). The maximum absolute atomic E-state index is 11.6. The van der Waals surface area contributed by atoms with Gasteiger partial charge in [-0.15, -0.1) is 0 Å². The smallest absolute Gasteiger partial charge is 0.242 e. The van der Waals surface area contributed by atoms with Crippen LogP contribution in [0.15, 0.2) is 24.3 Å². The van der Waals surface area contributed by atoms with Crippen LogP contribution in [-0.2, 0) is 14.8 Å². The van der Waals surface area contributed by atoms with Gasteiger partial charge < -0.3 is 4.90 Å². The second-order valence-electron chi connectivity index (χ2n) is 4.03. The Morgan fingerprint density at radius 1 is 1.39 bits per heavy atom. The second-order valence-corrected chi connectivity index (χ2v) is 7.05. The van der Waals surface area contributed by atoms with E-state index in [0.717, 1.165) is 12.1 Å². The van der Waals surface area contributed by atoms with Crippen molar-refractivity contribution in [3.05, 3.63) is 24.3 Å². The van der Waals surface area contributed by atoms with Gasteiger partial charge in [-0.3, -0.25) is 9.52 Å². The topological polar surface area (TPSA) is 66.5 Å². The lowest BCUT2D eigenvalue weighted by Gasteiger charge is -2.16. The number of nitrogens with zero attached hydrogens (tertiary/aromatic N) is 1. The maximum atomic E-state index is 11.6. The van der Waals surface area contributed by atoms with Gasteiger partial charge in [-0.25, -0.2) is 8.42 Å². The number of rotatable bonds is 4. The van der Waals surface area contributed by atoms with E-state index in [4.69, 9.17) is 0 Å². The number of alkyl halides is 1. The molecule has 1 saturated heterocycles. The molecule has 0 aromatic heterocycles.